The third-order valence-corrected chi connectivity index (χ3v) is 10.7. The van der Waals surface area contributed by atoms with Crippen molar-refractivity contribution in [3.8, 4) is 0 Å². The fraction of sp³-hybridized carbons (Fsp3) is 0.860. The molecule has 1 atom stereocenters. The molecule has 0 aliphatic rings. The van der Waals surface area contributed by atoms with E-state index in [4.69, 9.17) is 14.2 Å². The van der Waals surface area contributed by atoms with Gasteiger partial charge in [0, 0.05) is 19.3 Å². The molecule has 6 heteroatoms. The van der Waals surface area contributed by atoms with Crippen molar-refractivity contribution in [1.82, 2.24) is 0 Å². The van der Waals surface area contributed by atoms with E-state index in [0.717, 1.165) is 70.6 Å². The molecule has 0 aliphatic carbocycles. The van der Waals surface area contributed by atoms with Crippen LogP contribution in [-0.2, 0) is 28.6 Å². The van der Waals surface area contributed by atoms with Crippen molar-refractivity contribution in [3.05, 3.63) is 24.3 Å². The van der Waals surface area contributed by atoms with Crippen molar-refractivity contribution < 1.29 is 28.6 Å². The molecule has 6 nitrogen and oxygen atoms in total. The predicted molar refractivity (Wildman–Crippen MR) is 238 cm³/mol. The first kappa shape index (κ1) is 53.9. The van der Waals surface area contributed by atoms with Gasteiger partial charge >= 0.3 is 17.9 Å². The first-order valence-electron chi connectivity index (χ1n) is 24.3. The number of ether oxygens (including phenoxy) is 3. The van der Waals surface area contributed by atoms with Gasteiger partial charge in [0.1, 0.15) is 13.2 Å². The van der Waals surface area contributed by atoms with Crippen LogP contribution in [-0.4, -0.2) is 37.2 Å². The van der Waals surface area contributed by atoms with Gasteiger partial charge in [-0.25, -0.2) is 0 Å². The van der Waals surface area contributed by atoms with E-state index < -0.39 is 6.10 Å². The Labute approximate surface area is 347 Å². The van der Waals surface area contributed by atoms with E-state index in [9.17, 15) is 14.4 Å². The molecule has 0 rings (SSSR count). The maximum absolute atomic E-state index is 12.7. The summed E-state index contributed by atoms with van der Waals surface area (Å²) in [5.74, 6) is -0.873. The Morgan fingerprint density at radius 1 is 0.357 bits per heavy atom. The molecule has 328 valence electrons. The Kier molecular flexibility index (Phi) is 43.9. The molecule has 0 bridgehead atoms. The molecular formula is C50H92O6. The quantitative estimate of drug-likeness (QED) is 0.0265. The van der Waals surface area contributed by atoms with E-state index in [-0.39, 0.29) is 31.1 Å². The highest BCUT2D eigenvalue weighted by molar-refractivity contribution is 5.71. The largest absolute Gasteiger partial charge is 0.462 e. The Hall–Kier alpha value is -2.11. The zero-order valence-corrected chi connectivity index (χ0v) is 37.4. The molecule has 0 spiro atoms. The Balaban J connectivity index is 4.28. The van der Waals surface area contributed by atoms with Gasteiger partial charge in [-0.05, 0) is 51.4 Å². The summed E-state index contributed by atoms with van der Waals surface area (Å²) in [7, 11) is 0. The maximum Gasteiger partial charge on any atom is 0.306 e. The Morgan fingerprint density at radius 3 is 1.02 bits per heavy atom. The second-order valence-corrected chi connectivity index (χ2v) is 16.4. The molecule has 0 aromatic rings. The van der Waals surface area contributed by atoms with E-state index in [2.05, 4.69) is 45.1 Å². The minimum absolute atomic E-state index is 0.0700. The first-order chi connectivity index (χ1) is 27.5. The Bertz CT molecular complexity index is 911. The van der Waals surface area contributed by atoms with E-state index in [1.54, 1.807) is 0 Å². The van der Waals surface area contributed by atoms with Crippen LogP contribution in [0.2, 0.25) is 0 Å². The molecule has 1 unspecified atom stereocenters. The molecule has 0 aliphatic heterocycles. The monoisotopic (exact) mass is 789 g/mol. The number of allylic oxidation sites excluding steroid dienone is 4. The van der Waals surface area contributed by atoms with Gasteiger partial charge in [-0.3, -0.25) is 14.4 Å². The zero-order valence-electron chi connectivity index (χ0n) is 37.4. The molecule has 0 aromatic carbocycles. The van der Waals surface area contributed by atoms with E-state index >= 15 is 0 Å². The summed E-state index contributed by atoms with van der Waals surface area (Å²) in [4.78, 5) is 37.7. The number of rotatable bonds is 44. The van der Waals surface area contributed by atoms with Gasteiger partial charge in [0.2, 0.25) is 0 Å². The minimum atomic E-state index is -0.766. The third kappa shape index (κ3) is 43.0. The van der Waals surface area contributed by atoms with Crippen molar-refractivity contribution in [2.75, 3.05) is 13.2 Å². The standard InChI is InChI=1S/C50H92O6/c1-4-7-10-13-16-19-21-23-24-25-26-28-29-31-34-37-40-43-49(52)55-46-47(45-54-48(51)42-39-36-33-18-15-12-9-6-3)56-50(53)44-41-38-35-32-30-27-22-20-17-14-11-8-5-2/h16,19,23-24,47H,4-15,17-18,20-22,25-46H2,1-3H3/b19-16-,24-23-. The minimum Gasteiger partial charge on any atom is -0.462 e. The average Bonchev–Trinajstić information content (AvgIpc) is 3.19. The fourth-order valence-corrected chi connectivity index (χ4v) is 7.00. The van der Waals surface area contributed by atoms with Crippen molar-refractivity contribution in [2.45, 2.75) is 264 Å². The van der Waals surface area contributed by atoms with Crippen LogP contribution in [0.5, 0.6) is 0 Å². The van der Waals surface area contributed by atoms with Crippen LogP contribution in [0.15, 0.2) is 24.3 Å². The zero-order chi connectivity index (χ0) is 40.8. The van der Waals surface area contributed by atoms with Crippen LogP contribution in [0, 0.1) is 0 Å². The highest BCUT2D eigenvalue weighted by Gasteiger charge is 2.19. The molecule has 0 fully saturated rings. The van der Waals surface area contributed by atoms with Gasteiger partial charge in [0.15, 0.2) is 6.10 Å². The number of hydrogen-bond donors (Lipinski definition) is 0. The van der Waals surface area contributed by atoms with Gasteiger partial charge in [0.05, 0.1) is 0 Å². The topological polar surface area (TPSA) is 78.9 Å². The van der Waals surface area contributed by atoms with Crippen LogP contribution in [0.3, 0.4) is 0 Å². The summed E-state index contributed by atoms with van der Waals surface area (Å²) in [5, 5.41) is 0. The molecule has 0 N–H and O–H groups in total. The van der Waals surface area contributed by atoms with Crippen LogP contribution < -0.4 is 0 Å². The Morgan fingerprint density at radius 2 is 0.643 bits per heavy atom. The maximum atomic E-state index is 12.7. The normalized spacial score (nSPS) is 12.1. The summed E-state index contributed by atoms with van der Waals surface area (Å²) >= 11 is 0. The smallest absolute Gasteiger partial charge is 0.306 e. The number of unbranched alkanes of at least 4 members (excludes halogenated alkanes) is 29. The summed E-state index contributed by atoms with van der Waals surface area (Å²) in [5.41, 5.74) is 0. The molecule has 0 radical (unpaired) electrons. The number of esters is 3. The highest BCUT2D eigenvalue weighted by atomic mass is 16.6. The summed E-state index contributed by atoms with van der Waals surface area (Å²) < 4.78 is 16.7. The van der Waals surface area contributed by atoms with Crippen LogP contribution in [0.4, 0.5) is 0 Å². The van der Waals surface area contributed by atoms with Crippen molar-refractivity contribution in [3.63, 3.8) is 0 Å². The molecule has 0 heterocycles. The molecule has 0 amide bonds. The highest BCUT2D eigenvalue weighted by Crippen LogP contribution is 2.15. The van der Waals surface area contributed by atoms with Crippen LogP contribution in [0.25, 0.3) is 0 Å². The van der Waals surface area contributed by atoms with Crippen LogP contribution in [0.1, 0.15) is 258 Å². The van der Waals surface area contributed by atoms with Crippen LogP contribution >= 0.6 is 0 Å². The molecular weight excluding hydrogens is 697 g/mol. The summed E-state index contributed by atoms with van der Waals surface area (Å²) in [6.07, 6.45) is 50.2. The second-order valence-electron chi connectivity index (χ2n) is 16.4. The average molecular weight is 789 g/mol. The van der Waals surface area contributed by atoms with Crippen molar-refractivity contribution in [2.24, 2.45) is 0 Å². The van der Waals surface area contributed by atoms with Gasteiger partial charge in [-0.15, -0.1) is 0 Å². The summed E-state index contributed by atoms with van der Waals surface area (Å²) in [6, 6.07) is 0. The number of carbonyl (C=O) groups is 3. The van der Waals surface area contributed by atoms with Crippen molar-refractivity contribution in [1.29, 1.82) is 0 Å². The SMILES string of the molecule is CCCCC/C=C\C/C=C\CCCCCCCCCC(=O)OCC(COC(=O)CCCCCCCCCC)OC(=O)CCCCCCCCCCCCCCC. The van der Waals surface area contributed by atoms with E-state index in [1.165, 1.54) is 148 Å². The fourth-order valence-electron chi connectivity index (χ4n) is 7.00. The van der Waals surface area contributed by atoms with Gasteiger partial charge in [-0.1, -0.05) is 212 Å². The van der Waals surface area contributed by atoms with E-state index in [0.29, 0.717) is 19.3 Å². The second kappa shape index (κ2) is 45.6. The lowest BCUT2D eigenvalue weighted by Crippen LogP contribution is -2.30. The lowest BCUT2D eigenvalue weighted by atomic mass is 10.0. The number of hydrogen-bond acceptors (Lipinski definition) is 6. The van der Waals surface area contributed by atoms with Gasteiger partial charge < -0.3 is 14.2 Å². The van der Waals surface area contributed by atoms with Crippen molar-refractivity contribution >= 4 is 17.9 Å². The molecule has 56 heavy (non-hydrogen) atoms. The predicted octanol–water partition coefficient (Wildman–Crippen LogP) is 15.6. The molecule has 0 saturated heterocycles. The molecule has 0 saturated carbocycles. The third-order valence-electron chi connectivity index (χ3n) is 10.7. The first-order valence-corrected chi connectivity index (χ1v) is 24.3. The lowest BCUT2D eigenvalue weighted by molar-refractivity contribution is -0.167. The molecule has 0 aromatic heterocycles. The van der Waals surface area contributed by atoms with E-state index in [1.807, 2.05) is 0 Å². The van der Waals surface area contributed by atoms with Gasteiger partial charge in [-0.2, -0.15) is 0 Å². The lowest BCUT2D eigenvalue weighted by Gasteiger charge is -2.18. The van der Waals surface area contributed by atoms with Gasteiger partial charge in [0.25, 0.3) is 0 Å². The number of carbonyl (C=O) groups excluding carboxylic acids is 3. The summed E-state index contributed by atoms with van der Waals surface area (Å²) in [6.45, 7) is 6.59.